The van der Waals surface area contributed by atoms with Gasteiger partial charge in [-0.05, 0) is 19.8 Å². The van der Waals surface area contributed by atoms with Gasteiger partial charge in [-0.2, -0.15) is 0 Å². The minimum Gasteiger partial charge on any atom is -0.267 e. The standard InChI is InChI=1S/C13H23NO/c1-4-5-6-7-8-9-10-11-14-13(15)12(2)3/h11H,2,4-10H2,1,3H3. The summed E-state index contributed by atoms with van der Waals surface area (Å²) in [5, 5.41) is 0. The van der Waals surface area contributed by atoms with Crippen molar-refractivity contribution in [2.75, 3.05) is 0 Å². The molecule has 0 aromatic rings. The van der Waals surface area contributed by atoms with Crippen LogP contribution < -0.4 is 0 Å². The van der Waals surface area contributed by atoms with E-state index in [1.165, 1.54) is 32.1 Å². The predicted molar refractivity (Wildman–Crippen MR) is 66.3 cm³/mol. The molecular formula is C13H23NO. The molecule has 0 aliphatic rings. The van der Waals surface area contributed by atoms with Crippen LogP contribution in [0.2, 0.25) is 0 Å². The maximum atomic E-state index is 11.0. The van der Waals surface area contributed by atoms with Gasteiger partial charge in [-0.25, -0.2) is 4.99 Å². The summed E-state index contributed by atoms with van der Waals surface area (Å²) >= 11 is 0. The highest BCUT2D eigenvalue weighted by Crippen LogP contribution is 2.05. The second-order valence-corrected chi connectivity index (χ2v) is 3.95. The van der Waals surface area contributed by atoms with Gasteiger partial charge < -0.3 is 0 Å². The summed E-state index contributed by atoms with van der Waals surface area (Å²) in [6.45, 7) is 7.44. The van der Waals surface area contributed by atoms with Crippen LogP contribution in [-0.2, 0) is 4.79 Å². The fourth-order valence-corrected chi connectivity index (χ4v) is 1.27. The van der Waals surface area contributed by atoms with Gasteiger partial charge in [0, 0.05) is 11.8 Å². The molecule has 0 rings (SSSR count). The van der Waals surface area contributed by atoms with Gasteiger partial charge in [-0.1, -0.05) is 45.6 Å². The highest BCUT2D eigenvalue weighted by molar-refractivity contribution is 5.97. The lowest BCUT2D eigenvalue weighted by atomic mass is 10.1. The van der Waals surface area contributed by atoms with Crippen molar-refractivity contribution in [2.24, 2.45) is 4.99 Å². The third kappa shape index (κ3) is 9.39. The second kappa shape index (κ2) is 9.63. The van der Waals surface area contributed by atoms with E-state index in [2.05, 4.69) is 18.5 Å². The minimum absolute atomic E-state index is 0.194. The van der Waals surface area contributed by atoms with Gasteiger partial charge >= 0.3 is 0 Å². The van der Waals surface area contributed by atoms with Crippen molar-refractivity contribution in [1.29, 1.82) is 0 Å². The fraction of sp³-hybridized carbons (Fsp3) is 0.692. The highest BCUT2D eigenvalue weighted by Gasteiger charge is 1.95. The van der Waals surface area contributed by atoms with E-state index in [1.807, 2.05) is 0 Å². The maximum absolute atomic E-state index is 11.0. The molecule has 0 atom stereocenters. The Bertz CT molecular complexity index is 219. The number of aliphatic imine (C=N–C) groups is 1. The van der Waals surface area contributed by atoms with E-state index in [9.17, 15) is 4.79 Å². The Morgan fingerprint density at radius 3 is 2.40 bits per heavy atom. The first-order valence-electron chi connectivity index (χ1n) is 5.90. The van der Waals surface area contributed by atoms with Crippen LogP contribution in [0.3, 0.4) is 0 Å². The molecule has 0 aliphatic heterocycles. The molecule has 0 aromatic heterocycles. The quantitative estimate of drug-likeness (QED) is 0.338. The zero-order valence-corrected chi connectivity index (χ0v) is 10.1. The first kappa shape index (κ1) is 14.1. The van der Waals surface area contributed by atoms with Crippen LogP contribution in [0, 0.1) is 0 Å². The second-order valence-electron chi connectivity index (χ2n) is 3.95. The van der Waals surface area contributed by atoms with E-state index in [0.29, 0.717) is 5.57 Å². The summed E-state index contributed by atoms with van der Waals surface area (Å²) < 4.78 is 0. The number of nitrogens with zero attached hydrogens (tertiary/aromatic N) is 1. The topological polar surface area (TPSA) is 29.4 Å². The molecule has 0 radical (unpaired) electrons. The lowest BCUT2D eigenvalue weighted by molar-refractivity contribution is -0.114. The van der Waals surface area contributed by atoms with Crippen LogP contribution in [0.5, 0.6) is 0 Å². The van der Waals surface area contributed by atoms with E-state index >= 15 is 0 Å². The van der Waals surface area contributed by atoms with Crippen LogP contribution >= 0.6 is 0 Å². The van der Waals surface area contributed by atoms with E-state index in [-0.39, 0.29) is 5.91 Å². The first-order chi connectivity index (χ1) is 7.18. The van der Waals surface area contributed by atoms with Gasteiger partial charge in [0.1, 0.15) is 0 Å². The fourth-order valence-electron chi connectivity index (χ4n) is 1.27. The molecule has 0 saturated carbocycles. The molecule has 2 heteroatoms. The molecule has 0 aromatic carbocycles. The Morgan fingerprint density at radius 2 is 1.80 bits per heavy atom. The normalized spacial score (nSPS) is 10.8. The maximum Gasteiger partial charge on any atom is 0.271 e. The Labute approximate surface area is 93.5 Å². The summed E-state index contributed by atoms with van der Waals surface area (Å²) in [5.41, 5.74) is 0.509. The van der Waals surface area contributed by atoms with Gasteiger partial charge in [-0.15, -0.1) is 0 Å². The molecule has 0 heterocycles. The highest BCUT2D eigenvalue weighted by atomic mass is 16.1. The molecule has 0 saturated heterocycles. The van der Waals surface area contributed by atoms with Crippen molar-refractivity contribution in [1.82, 2.24) is 0 Å². The Balaban J connectivity index is 3.31. The predicted octanol–water partition coefficient (Wildman–Crippen LogP) is 3.91. The Hall–Kier alpha value is -0.920. The molecule has 15 heavy (non-hydrogen) atoms. The number of rotatable bonds is 8. The summed E-state index contributed by atoms with van der Waals surface area (Å²) in [5.74, 6) is -0.194. The van der Waals surface area contributed by atoms with Gasteiger partial charge in [0.25, 0.3) is 5.91 Å². The average Bonchev–Trinajstić information content (AvgIpc) is 2.21. The molecule has 0 bridgehead atoms. The van der Waals surface area contributed by atoms with Crippen molar-refractivity contribution in [3.8, 4) is 0 Å². The molecule has 2 nitrogen and oxygen atoms in total. The molecule has 0 unspecified atom stereocenters. The molecule has 86 valence electrons. The largest absolute Gasteiger partial charge is 0.271 e. The van der Waals surface area contributed by atoms with E-state index in [4.69, 9.17) is 0 Å². The Morgan fingerprint density at radius 1 is 1.20 bits per heavy atom. The third-order valence-electron chi connectivity index (χ3n) is 2.26. The molecule has 1 amide bonds. The van der Waals surface area contributed by atoms with E-state index in [1.54, 1.807) is 13.1 Å². The third-order valence-corrected chi connectivity index (χ3v) is 2.26. The van der Waals surface area contributed by atoms with Crippen molar-refractivity contribution in [3.63, 3.8) is 0 Å². The van der Waals surface area contributed by atoms with Crippen LogP contribution in [0.25, 0.3) is 0 Å². The zero-order chi connectivity index (χ0) is 11.5. The molecule has 0 fully saturated rings. The lowest BCUT2D eigenvalue weighted by Crippen LogP contribution is -1.93. The molecule has 0 spiro atoms. The number of unbranched alkanes of at least 4 members (excludes halogenated alkanes) is 6. The number of amides is 1. The van der Waals surface area contributed by atoms with Crippen molar-refractivity contribution in [2.45, 2.75) is 58.8 Å². The average molecular weight is 209 g/mol. The summed E-state index contributed by atoms with van der Waals surface area (Å²) in [6.07, 6.45) is 10.3. The van der Waals surface area contributed by atoms with Crippen molar-refractivity contribution < 1.29 is 4.79 Å². The molecule has 0 aliphatic carbocycles. The number of hydrogen-bond donors (Lipinski definition) is 0. The van der Waals surface area contributed by atoms with Gasteiger partial charge in [0.2, 0.25) is 0 Å². The van der Waals surface area contributed by atoms with Crippen molar-refractivity contribution in [3.05, 3.63) is 12.2 Å². The van der Waals surface area contributed by atoms with E-state index < -0.39 is 0 Å². The van der Waals surface area contributed by atoms with Gasteiger partial charge in [0.15, 0.2) is 0 Å². The molecular weight excluding hydrogens is 186 g/mol. The van der Waals surface area contributed by atoms with Crippen LogP contribution in [-0.4, -0.2) is 12.1 Å². The summed E-state index contributed by atoms with van der Waals surface area (Å²) in [7, 11) is 0. The number of carbonyl (C=O) groups is 1. The smallest absolute Gasteiger partial charge is 0.267 e. The summed E-state index contributed by atoms with van der Waals surface area (Å²) in [6, 6.07) is 0. The summed E-state index contributed by atoms with van der Waals surface area (Å²) in [4.78, 5) is 14.8. The zero-order valence-electron chi connectivity index (χ0n) is 10.1. The molecule has 0 N–H and O–H groups in total. The van der Waals surface area contributed by atoms with Crippen molar-refractivity contribution >= 4 is 12.1 Å². The minimum atomic E-state index is -0.194. The van der Waals surface area contributed by atoms with Crippen LogP contribution in [0.1, 0.15) is 58.8 Å². The van der Waals surface area contributed by atoms with Crippen LogP contribution in [0.15, 0.2) is 17.1 Å². The van der Waals surface area contributed by atoms with Gasteiger partial charge in [-0.3, -0.25) is 4.79 Å². The Kier molecular flexibility index (Phi) is 9.04. The first-order valence-corrected chi connectivity index (χ1v) is 5.90. The van der Waals surface area contributed by atoms with Gasteiger partial charge in [0.05, 0.1) is 0 Å². The van der Waals surface area contributed by atoms with E-state index in [0.717, 1.165) is 12.8 Å². The monoisotopic (exact) mass is 209 g/mol. The van der Waals surface area contributed by atoms with Crippen LogP contribution in [0.4, 0.5) is 0 Å². The lowest BCUT2D eigenvalue weighted by Gasteiger charge is -1.97. The SMILES string of the molecule is C=C(C)C(=O)N=CCCCCCCCC. The number of hydrogen-bond acceptors (Lipinski definition) is 1. The number of carbonyl (C=O) groups excluding carboxylic acids is 1.